The fraction of sp³-hybridized carbons (Fsp3) is 0.280. The van der Waals surface area contributed by atoms with Gasteiger partial charge in [-0.05, 0) is 23.3 Å². The molecule has 31 heavy (non-hydrogen) atoms. The minimum Gasteiger partial charge on any atom is -0.497 e. The van der Waals surface area contributed by atoms with Gasteiger partial charge < -0.3 is 9.64 Å². The van der Waals surface area contributed by atoms with Gasteiger partial charge in [0.25, 0.3) is 5.91 Å². The maximum Gasteiger partial charge on any atom is 0.273 e. The Labute approximate surface area is 187 Å². The number of nitrogens with zero attached hydrogens (tertiary/aromatic N) is 3. The lowest BCUT2D eigenvalue weighted by atomic mass is 10.1. The maximum absolute atomic E-state index is 12.9. The van der Waals surface area contributed by atoms with Gasteiger partial charge in [-0.1, -0.05) is 54.6 Å². The lowest BCUT2D eigenvalue weighted by Gasteiger charge is -2.33. The minimum absolute atomic E-state index is 0.0386. The summed E-state index contributed by atoms with van der Waals surface area (Å²) >= 11 is 1.55. The van der Waals surface area contributed by atoms with Crippen molar-refractivity contribution in [2.24, 2.45) is 0 Å². The highest BCUT2D eigenvalue weighted by Crippen LogP contribution is 2.19. The van der Waals surface area contributed by atoms with E-state index in [1.54, 1.807) is 18.4 Å². The number of benzene rings is 2. The summed E-state index contributed by atoms with van der Waals surface area (Å²) in [4.78, 5) is 21.8. The first-order chi connectivity index (χ1) is 15.2. The van der Waals surface area contributed by atoms with E-state index in [0.29, 0.717) is 5.69 Å². The van der Waals surface area contributed by atoms with E-state index in [4.69, 9.17) is 4.74 Å². The second-order valence-corrected chi connectivity index (χ2v) is 8.50. The molecule has 0 saturated carbocycles. The quantitative estimate of drug-likeness (QED) is 0.560. The van der Waals surface area contributed by atoms with Gasteiger partial charge >= 0.3 is 0 Å². The zero-order chi connectivity index (χ0) is 21.5. The van der Waals surface area contributed by atoms with Crippen LogP contribution in [0.2, 0.25) is 0 Å². The van der Waals surface area contributed by atoms with E-state index in [1.807, 2.05) is 52.7 Å². The monoisotopic (exact) mass is 433 g/mol. The molecule has 160 valence electrons. The smallest absolute Gasteiger partial charge is 0.273 e. The van der Waals surface area contributed by atoms with Crippen molar-refractivity contribution in [3.8, 4) is 5.75 Å². The Kier molecular flexibility index (Phi) is 7.12. The molecule has 1 fully saturated rings. The third-order valence-corrected chi connectivity index (χ3v) is 6.27. The van der Waals surface area contributed by atoms with Gasteiger partial charge in [-0.15, -0.1) is 11.3 Å². The molecule has 1 amide bonds. The number of hydrogen-bond acceptors (Lipinski definition) is 5. The number of hydrogen-bond donors (Lipinski definition) is 0. The summed E-state index contributed by atoms with van der Waals surface area (Å²) in [7, 11) is 1.66. The standard InChI is InChI=1S/C25H27N3O2S/c1-30-22-11-9-21(10-12-22)18-24-26-23(19-31-24)25(29)28-16-14-27(15-17-28)13-5-8-20-6-3-2-4-7-20/h2-12,19H,13-18H2,1H3/b8-5+. The number of thiazole rings is 1. The van der Waals surface area contributed by atoms with Crippen LogP contribution in [0.4, 0.5) is 0 Å². The van der Waals surface area contributed by atoms with Crippen molar-refractivity contribution in [1.29, 1.82) is 0 Å². The number of carbonyl (C=O) groups is 1. The average molecular weight is 434 g/mol. The van der Waals surface area contributed by atoms with Crippen LogP contribution in [0.3, 0.4) is 0 Å². The SMILES string of the molecule is COc1ccc(Cc2nc(C(=O)N3CCN(C/C=C/c4ccccc4)CC3)cs2)cc1. The second-order valence-electron chi connectivity index (χ2n) is 7.56. The van der Waals surface area contributed by atoms with Crippen molar-refractivity contribution in [3.63, 3.8) is 0 Å². The van der Waals surface area contributed by atoms with Crippen molar-refractivity contribution in [3.05, 3.63) is 87.9 Å². The molecule has 5 nitrogen and oxygen atoms in total. The van der Waals surface area contributed by atoms with E-state index in [9.17, 15) is 4.79 Å². The lowest BCUT2D eigenvalue weighted by molar-refractivity contribution is 0.0645. The lowest BCUT2D eigenvalue weighted by Crippen LogP contribution is -2.48. The Morgan fingerprint density at radius 2 is 1.81 bits per heavy atom. The fourth-order valence-electron chi connectivity index (χ4n) is 3.61. The molecule has 0 atom stereocenters. The van der Waals surface area contributed by atoms with Gasteiger partial charge in [-0.25, -0.2) is 4.98 Å². The van der Waals surface area contributed by atoms with Gasteiger partial charge in [-0.3, -0.25) is 9.69 Å². The number of aromatic nitrogens is 1. The van der Waals surface area contributed by atoms with Gasteiger partial charge in [0.2, 0.25) is 0 Å². The Hall–Kier alpha value is -2.96. The summed E-state index contributed by atoms with van der Waals surface area (Å²) in [5.41, 5.74) is 2.93. The normalized spacial score (nSPS) is 14.8. The van der Waals surface area contributed by atoms with Crippen molar-refractivity contribution >= 4 is 23.3 Å². The van der Waals surface area contributed by atoms with Crippen LogP contribution in [-0.2, 0) is 6.42 Å². The highest BCUT2D eigenvalue weighted by molar-refractivity contribution is 7.09. The molecule has 1 saturated heterocycles. The molecule has 1 aromatic heterocycles. The summed E-state index contributed by atoms with van der Waals surface area (Å²) in [5, 5.41) is 2.84. The molecule has 6 heteroatoms. The summed E-state index contributed by atoms with van der Waals surface area (Å²) in [6, 6.07) is 18.3. The van der Waals surface area contributed by atoms with Crippen LogP contribution in [0.25, 0.3) is 6.08 Å². The van der Waals surface area contributed by atoms with Crippen LogP contribution >= 0.6 is 11.3 Å². The molecule has 0 bridgehead atoms. The van der Waals surface area contributed by atoms with Gasteiger partial charge in [0, 0.05) is 44.5 Å². The van der Waals surface area contributed by atoms with Crippen molar-refractivity contribution in [2.75, 3.05) is 39.8 Å². The van der Waals surface area contributed by atoms with Gasteiger partial charge in [0.15, 0.2) is 0 Å². The maximum atomic E-state index is 12.9. The zero-order valence-electron chi connectivity index (χ0n) is 17.7. The van der Waals surface area contributed by atoms with Crippen LogP contribution < -0.4 is 4.74 Å². The van der Waals surface area contributed by atoms with E-state index < -0.39 is 0 Å². The first kappa shape index (κ1) is 21.3. The predicted molar refractivity (Wildman–Crippen MR) is 126 cm³/mol. The number of rotatable bonds is 7. The predicted octanol–water partition coefficient (Wildman–Crippen LogP) is 4.21. The molecule has 1 aliphatic rings. The molecule has 0 spiro atoms. The molecule has 2 heterocycles. The molecule has 0 N–H and O–H groups in total. The van der Waals surface area contributed by atoms with Crippen molar-refractivity contribution in [1.82, 2.24) is 14.8 Å². The van der Waals surface area contributed by atoms with Gasteiger partial charge in [0.1, 0.15) is 11.4 Å². The molecular formula is C25H27N3O2S. The summed E-state index contributed by atoms with van der Waals surface area (Å²) in [6.07, 6.45) is 5.07. The molecule has 0 aliphatic carbocycles. The first-order valence-electron chi connectivity index (χ1n) is 10.5. The van der Waals surface area contributed by atoms with Crippen LogP contribution in [0.5, 0.6) is 5.75 Å². The highest BCUT2D eigenvalue weighted by Gasteiger charge is 2.23. The van der Waals surface area contributed by atoms with Crippen LogP contribution in [0.1, 0.15) is 26.6 Å². The van der Waals surface area contributed by atoms with E-state index in [0.717, 1.165) is 55.5 Å². The third-order valence-electron chi connectivity index (χ3n) is 5.42. The first-order valence-corrected chi connectivity index (χ1v) is 11.4. The largest absolute Gasteiger partial charge is 0.497 e. The summed E-state index contributed by atoms with van der Waals surface area (Å²) in [5.74, 6) is 0.880. The highest BCUT2D eigenvalue weighted by atomic mass is 32.1. The van der Waals surface area contributed by atoms with Crippen molar-refractivity contribution < 1.29 is 9.53 Å². The average Bonchev–Trinajstić information content (AvgIpc) is 3.29. The molecule has 1 aliphatic heterocycles. The zero-order valence-corrected chi connectivity index (χ0v) is 18.6. The van der Waals surface area contributed by atoms with E-state index >= 15 is 0 Å². The van der Waals surface area contributed by atoms with Crippen LogP contribution in [0.15, 0.2) is 66.1 Å². The number of carbonyl (C=O) groups excluding carboxylic acids is 1. The van der Waals surface area contributed by atoms with Gasteiger partial charge in [0.05, 0.1) is 12.1 Å². The molecular weight excluding hydrogens is 406 g/mol. The molecule has 2 aromatic carbocycles. The van der Waals surface area contributed by atoms with Crippen LogP contribution in [0, 0.1) is 0 Å². The molecule has 0 radical (unpaired) electrons. The van der Waals surface area contributed by atoms with Gasteiger partial charge in [-0.2, -0.15) is 0 Å². The summed E-state index contributed by atoms with van der Waals surface area (Å²) in [6.45, 7) is 4.15. The molecule has 0 unspecified atom stereocenters. The molecule has 4 rings (SSSR count). The van der Waals surface area contributed by atoms with Crippen molar-refractivity contribution in [2.45, 2.75) is 6.42 Å². The van der Waals surface area contributed by atoms with Crippen LogP contribution in [-0.4, -0.2) is 60.5 Å². The Bertz CT molecular complexity index is 1010. The minimum atomic E-state index is 0.0386. The number of methoxy groups -OCH3 is 1. The molecule has 3 aromatic rings. The second kappa shape index (κ2) is 10.4. The number of ether oxygens (including phenoxy) is 1. The Morgan fingerprint density at radius 3 is 2.52 bits per heavy atom. The number of amides is 1. The van der Waals surface area contributed by atoms with E-state index in [1.165, 1.54) is 5.56 Å². The number of piperazine rings is 1. The Balaban J connectivity index is 1.26. The fourth-order valence-corrected chi connectivity index (χ4v) is 4.41. The topological polar surface area (TPSA) is 45.7 Å². The Morgan fingerprint density at radius 1 is 1.06 bits per heavy atom. The van der Waals surface area contributed by atoms with E-state index in [2.05, 4.69) is 34.2 Å². The summed E-state index contributed by atoms with van der Waals surface area (Å²) < 4.78 is 5.20. The van der Waals surface area contributed by atoms with E-state index in [-0.39, 0.29) is 5.91 Å². The third kappa shape index (κ3) is 5.81.